The van der Waals surface area contributed by atoms with E-state index in [-0.39, 0.29) is 5.97 Å². The van der Waals surface area contributed by atoms with Crippen LogP contribution in [-0.2, 0) is 9.53 Å². The summed E-state index contributed by atoms with van der Waals surface area (Å²) in [7, 11) is 1.35. The molecule has 0 spiro atoms. The highest BCUT2D eigenvalue weighted by Crippen LogP contribution is 2.35. The maximum Gasteiger partial charge on any atom is 0.321 e. The van der Waals surface area contributed by atoms with Crippen molar-refractivity contribution >= 4 is 29.3 Å². The van der Waals surface area contributed by atoms with Gasteiger partial charge in [-0.15, -0.1) is 11.8 Å². The molecule has 6 heteroatoms. The van der Waals surface area contributed by atoms with Gasteiger partial charge in [0.05, 0.1) is 12.0 Å². The number of carbonyl (C=O) groups excluding carboxylic acids is 1. The molecule has 82 valence electrons. The van der Waals surface area contributed by atoms with E-state index in [9.17, 15) is 4.79 Å². The number of halogens is 1. The maximum atomic E-state index is 11.4. The highest BCUT2D eigenvalue weighted by Gasteiger charge is 2.31. The first-order valence-corrected chi connectivity index (χ1v) is 5.40. The summed E-state index contributed by atoms with van der Waals surface area (Å²) >= 11 is 7.13. The Morgan fingerprint density at radius 3 is 2.80 bits per heavy atom. The average Bonchev–Trinajstić information content (AvgIpc) is 2.20. The van der Waals surface area contributed by atoms with Crippen molar-refractivity contribution in [1.82, 2.24) is 9.97 Å². The van der Waals surface area contributed by atoms with Gasteiger partial charge in [0.1, 0.15) is 16.2 Å². The van der Waals surface area contributed by atoms with E-state index < -0.39 is 4.75 Å². The third kappa shape index (κ3) is 3.07. The molecular formula is C9H11ClN2O2S. The van der Waals surface area contributed by atoms with E-state index in [2.05, 4.69) is 14.7 Å². The molecule has 15 heavy (non-hydrogen) atoms. The fourth-order valence-corrected chi connectivity index (χ4v) is 2.11. The van der Waals surface area contributed by atoms with Crippen LogP contribution in [0.4, 0.5) is 0 Å². The van der Waals surface area contributed by atoms with E-state index in [0.717, 1.165) is 0 Å². The van der Waals surface area contributed by atoms with Gasteiger partial charge >= 0.3 is 5.97 Å². The fraction of sp³-hybridized carbons (Fsp3) is 0.444. The molecular weight excluding hydrogens is 236 g/mol. The molecule has 4 nitrogen and oxygen atoms in total. The van der Waals surface area contributed by atoms with Crippen LogP contribution in [0.25, 0.3) is 0 Å². The van der Waals surface area contributed by atoms with Gasteiger partial charge in [-0.3, -0.25) is 4.79 Å². The van der Waals surface area contributed by atoms with Crippen molar-refractivity contribution in [1.29, 1.82) is 0 Å². The van der Waals surface area contributed by atoms with Crippen LogP contribution in [0.1, 0.15) is 13.8 Å². The van der Waals surface area contributed by atoms with Gasteiger partial charge in [-0.05, 0) is 13.8 Å². The molecule has 0 unspecified atom stereocenters. The van der Waals surface area contributed by atoms with Gasteiger partial charge in [0, 0.05) is 6.20 Å². The summed E-state index contributed by atoms with van der Waals surface area (Å²) in [5.74, 6) is -0.313. The standard InChI is InChI=1S/C9H11ClN2O2S/c1-9(2,8(13)14-3)15-6-4-11-5-12-7(6)10/h4-5H,1-3H3. The zero-order valence-corrected chi connectivity index (χ0v) is 10.2. The summed E-state index contributed by atoms with van der Waals surface area (Å²) in [4.78, 5) is 19.8. The molecule has 0 radical (unpaired) electrons. The van der Waals surface area contributed by atoms with Crippen molar-refractivity contribution in [2.45, 2.75) is 23.5 Å². The molecule has 1 aromatic heterocycles. The van der Waals surface area contributed by atoms with E-state index in [1.54, 1.807) is 20.0 Å². The Balaban J connectivity index is 2.86. The second kappa shape index (κ2) is 4.81. The van der Waals surface area contributed by atoms with Crippen molar-refractivity contribution in [2.75, 3.05) is 7.11 Å². The molecule has 0 aliphatic heterocycles. The average molecular weight is 247 g/mol. The molecule has 0 aromatic carbocycles. The largest absolute Gasteiger partial charge is 0.468 e. The molecule has 1 aromatic rings. The van der Waals surface area contributed by atoms with E-state index in [0.29, 0.717) is 10.0 Å². The van der Waals surface area contributed by atoms with E-state index in [4.69, 9.17) is 11.6 Å². The lowest BCUT2D eigenvalue weighted by molar-refractivity contribution is -0.142. The van der Waals surface area contributed by atoms with Gasteiger partial charge in [-0.1, -0.05) is 11.6 Å². The number of hydrogen-bond donors (Lipinski definition) is 0. The molecule has 0 saturated carbocycles. The quantitative estimate of drug-likeness (QED) is 0.465. The van der Waals surface area contributed by atoms with Crippen LogP contribution in [0.2, 0.25) is 5.15 Å². The minimum absolute atomic E-state index is 0.313. The van der Waals surface area contributed by atoms with Crippen LogP contribution >= 0.6 is 23.4 Å². The lowest BCUT2D eigenvalue weighted by Crippen LogP contribution is -2.28. The van der Waals surface area contributed by atoms with Crippen molar-refractivity contribution in [3.05, 3.63) is 17.7 Å². The normalized spacial score (nSPS) is 11.2. The Hall–Kier alpha value is -0.810. The van der Waals surface area contributed by atoms with Crippen LogP contribution in [-0.4, -0.2) is 27.8 Å². The Bertz CT molecular complexity index is 371. The summed E-state index contributed by atoms with van der Waals surface area (Å²) < 4.78 is 3.98. The van der Waals surface area contributed by atoms with E-state index in [1.807, 2.05) is 0 Å². The Labute approximate surface area is 97.4 Å². The molecule has 0 fully saturated rings. The van der Waals surface area contributed by atoms with Gasteiger partial charge in [-0.2, -0.15) is 0 Å². The van der Waals surface area contributed by atoms with Crippen molar-refractivity contribution in [3.63, 3.8) is 0 Å². The molecule has 0 bridgehead atoms. The minimum atomic E-state index is -0.705. The molecule has 1 heterocycles. The first-order valence-electron chi connectivity index (χ1n) is 4.20. The highest BCUT2D eigenvalue weighted by atomic mass is 35.5. The van der Waals surface area contributed by atoms with Crippen LogP contribution in [0, 0.1) is 0 Å². The van der Waals surface area contributed by atoms with E-state index >= 15 is 0 Å². The van der Waals surface area contributed by atoms with Gasteiger partial charge in [-0.25, -0.2) is 9.97 Å². The van der Waals surface area contributed by atoms with Crippen LogP contribution in [0.15, 0.2) is 17.4 Å². The Kier molecular flexibility index (Phi) is 3.93. The SMILES string of the molecule is COC(=O)C(C)(C)Sc1cncnc1Cl. The van der Waals surface area contributed by atoms with E-state index in [1.165, 1.54) is 25.2 Å². The zero-order chi connectivity index (χ0) is 11.5. The lowest BCUT2D eigenvalue weighted by Gasteiger charge is -2.20. The second-order valence-corrected chi connectivity index (χ2v) is 5.30. The summed E-state index contributed by atoms with van der Waals surface area (Å²) in [5, 5.41) is 0.340. The predicted molar refractivity (Wildman–Crippen MR) is 59.0 cm³/mol. The maximum absolute atomic E-state index is 11.4. The molecule has 0 aliphatic rings. The number of esters is 1. The third-order valence-electron chi connectivity index (χ3n) is 1.67. The number of carbonyl (C=O) groups is 1. The monoisotopic (exact) mass is 246 g/mol. The molecule has 0 saturated heterocycles. The van der Waals surface area contributed by atoms with Crippen molar-refractivity contribution < 1.29 is 9.53 Å². The predicted octanol–water partition coefficient (Wildman–Crippen LogP) is 2.17. The second-order valence-electron chi connectivity index (χ2n) is 3.28. The van der Waals surface area contributed by atoms with Gasteiger partial charge < -0.3 is 4.74 Å². The molecule has 0 amide bonds. The first-order chi connectivity index (χ1) is 6.97. The van der Waals surface area contributed by atoms with Gasteiger partial charge in [0.2, 0.25) is 0 Å². The number of methoxy groups -OCH3 is 1. The van der Waals surface area contributed by atoms with Gasteiger partial charge in [0.15, 0.2) is 0 Å². The number of hydrogen-bond acceptors (Lipinski definition) is 5. The van der Waals surface area contributed by atoms with Crippen LogP contribution in [0.5, 0.6) is 0 Å². The number of nitrogens with zero attached hydrogens (tertiary/aromatic N) is 2. The number of rotatable bonds is 3. The highest BCUT2D eigenvalue weighted by molar-refractivity contribution is 8.01. The summed E-state index contributed by atoms with van der Waals surface area (Å²) in [6.07, 6.45) is 2.93. The third-order valence-corrected chi connectivity index (χ3v) is 3.28. The minimum Gasteiger partial charge on any atom is -0.468 e. The molecule has 0 aliphatic carbocycles. The zero-order valence-electron chi connectivity index (χ0n) is 8.65. The number of aromatic nitrogens is 2. The number of ether oxygens (including phenoxy) is 1. The summed E-state index contributed by atoms with van der Waals surface area (Å²) in [6, 6.07) is 0. The van der Waals surface area contributed by atoms with Crippen LogP contribution in [0.3, 0.4) is 0 Å². The molecule has 0 atom stereocenters. The molecule has 0 N–H and O–H groups in total. The Morgan fingerprint density at radius 1 is 1.60 bits per heavy atom. The van der Waals surface area contributed by atoms with Crippen molar-refractivity contribution in [3.8, 4) is 0 Å². The summed E-state index contributed by atoms with van der Waals surface area (Å²) in [5.41, 5.74) is 0. The van der Waals surface area contributed by atoms with Crippen LogP contribution < -0.4 is 0 Å². The van der Waals surface area contributed by atoms with Crippen molar-refractivity contribution in [2.24, 2.45) is 0 Å². The Morgan fingerprint density at radius 2 is 2.27 bits per heavy atom. The smallest absolute Gasteiger partial charge is 0.321 e. The molecule has 1 rings (SSSR count). The van der Waals surface area contributed by atoms with Gasteiger partial charge in [0.25, 0.3) is 0 Å². The fourth-order valence-electron chi connectivity index (χ4n) is 0.933. The number of thioether (sulfide) groups is 1. The topological polar surface area (TPSA) is 52.1 Å². The lowest BCUT2D eigenvalue weighted by atomic mass is 10.2. The summed E-state index contributed by atoms with van der Waals surface area (Å²) in [6.45, 7) is 3.51. The first kappa shape index (κ1) is 12.3.